The van der Waals surface area contributed by atoms with Crippen LogP contribution < -0.4 is 0 Å². The molecule has 1 atom stereocenters. The molecule has 0 saturated carbocycles. The summed E-state index contributed by atoms with van der Waals surface area (Å²) in [7, 11) is 0. The molecule has 3 heteroatoms. The molecule has 1 heterocycles. The van der Waals surface area contributed by atoms with E-state index in [4.69, 9.17) is 4.42 Å². The van der Waals surface area contributed by atoms with Gasteiger partial charge in [0.1, 0.15) is 17.6 Å². The zero-order valence-corrected chi connectivity index (χ0v) is 10.1. The van der Waals surface area contributed by atoms with E-state index in [9.17, 15) is 5.11 Å². The van der Waals surface area contributed by atoms with Gasteiger partial charge in [-0.3, -0.25) is 0 Å². The molecule has 0 spiro atoms. The second kappa shape index (κ2) is 4.76. The van der Waals surface area contributed by atoms with Crippen molar-refractivity contribution in [3.63, 3.8) is 0 Å². The highest BCUT2D eigenvalue weighted by molar-refractivity contribution is 7.98. The van der Waals surface area contributed by atoms with Gasteiger partial charge in [-0.15, -0.1) is 11.8 Å². The van der Waals surface area contributed by atoms with E-state index in [2.05, 4.69) is 0 Å². The quantitative estimate of drug-likeness (QED) is 0.826. The molecule has 0 radical (unpaired) electrons. The molecule has 0 amide bonds. The van der Waals surface area contributed by atoms with Crippen LogP contribution in [0.25, 0.3) is 0 Å². The first kappa shape index (κ1) is 11.3. The molecule has 2 aromatic rings. The smallest absolute Gasteiger partial charge is 0.138 e. The van der Waals surface area contributed by atoms with E-state index in [0.717, 1.165) is 16.2 Å². The van der Waals surface area contributed by atoms with Gasteiger partial charge in [0, 0.05) is 10.5 Å². The number of aliphatic hydroxyl groups is 1. The Balaban J connectivity index is 2.36. The summed E-state index contributed by atoms with van der Waals surface area (Å²) < 4.78 is 5.44. The van der Waals surface area contributed by atoms with Crippen LogP contribution in [0.15, 0.2) is 45.7 Å². The third-order valence-corrected chi connectivity index (χ3v) is 3.28. The number of rotatable bonds is 3. The van der Waals surface area contributed by atoms with Crippen LogP contribution >= 0.6 is 11.8 Å². The number of benzene rings is 1. The number of furan rings is 1. The van der Waals surface area contributed by atoms with E-state index < -0.39 is 6.10 Å². The zero-order valence-electron chi connectivity index (χ0n) is 9.31. The molecule has 0 bridgehead atoms. The van der Waals surface area contributed by atoms with Gasteiger partial charge in [-0.1, -0.05) is 18.2 Å². The van der Waals surface area contributed by atoms with Crippen molar-refractivity contribution in [2.75, 3.05) is 6.26 Å². The fourth-order valence-corrected chi connectivity index (χ4v) is 2.28. The van der Waals surface area contributed by atoms with Crippen molar-refractivity contribution >= 4 is 11.8 Å². The molecular weight excluding hydrogens is 220 g/mol. The van der Waals surface area contributed by atoms with Gasteiger partial charge in [0.2, 0.25) is 0 Å². The Morgan fingerprint density at radius 2 is 1.94 bits per heavy atom. The van der Waals surface area contributed by atoms with Crippen molar-refractivity contribution in [1.82, 2.24) is 0 Å². The molecule has 0 aliphatic heterocycles. The molecule has 0 aliphatic carbocycles. The summed E-state index contributed by atoms with van der Waals surface area (Å²) in [5.74, 6) is 1.41. The SMILES string of the molecule is CSc1ccccc1[C@H](O)c1ccc(C)o1. The lowest BCUT2D eigenvalue weighted by Gasteiger charge is -2.11. The Bertz CT molecular complexity index is 476. The van der Waals surface area contributed by atoms with E-state index in [1.165, 1.54) is 0 Å². The van der Waals surface area contributed by atoms with Crippen LogP contribution in [0.4, 0.5) is 0 Å². The monoisotopic (exact) mass is 234 g/mol. The lowest BCUT2D eigenvalue weighted by atomic mass is 10.1. The fourth-order valence-electron chi connectivity index (χ4n) is 1.65. The molecule has 0 fully saturated rings. The summed E-state index contributed by atoms with van der Waals surface area (Å²) in [4.78, 5) is 1.07. The number of hydrogen-bond donors (Lipinski definition) is 1. The highest BCUT2D eigenvalue weighted by Gasteiger charge is 2.16. The Morgan fingerprint density at radius 1 is 1.19 bits per heavy atom. The molecule has 2 nitrogen and oxygen atoms in total. The summed E-state index contributed by atoms with van der Waals surface area (Å²) >= 11 is 1.62. The van der Waals surface area contributed by atoms with Crippen molar-refractivity contribution in [2.45, 2.75) is 17.9 Å². The molecule has 0 unspecified atom stereocenters. The first-order chi connectivity index (χ1) is 7.72. The summed E-state index contributed by atoms with van der Waals surface area (Å²) in [5.41, 5.74) is 0.893. The van der Waals surface area contributed by atoms with Gasteiger partial charge in [0.05, 0.1) is 0 Å². The van der Waals surface area contributed by atoms with Gasteiger partial charge in [-0.25, -0.2) is 0 Å². The summed E-state index contributed by atoms with van der Waals surface area (Å²) in [6.45, 7) is 1.87. The van der Waals surface area contributed by atoms with Crippen LogP contribution in [-0.4, -0.2) is 11.4 Å². The third kappa shape index (κ3) is 2.15. The van der Waals surface area contributed by atoms with E-state index in [-0.39, 0.29) is 0 Å². The van der Waals surface area contributed by atoms with E-state index in [0.29, 0.717) is 5.76 Å². The highest BCUT2D eigenvalue weighted by Crippen LogP contribution is 2.30. The Morgan fingerprint density at radius 3 is 2.56 bits per heavy atom. The van der Waals surface area contributed by atoms with Crippen molar-refractivity contribution < 1.29 is 9.52 Å². The van der Waals surface area contributed by atoms with Gasteiger partial charge < -0.3 is 9.52 Å². The average Bonchev–Trinajstić information content (AvgIpc) is 2.75. The minimum atomic E-state index is -0.683. The van der Waals surface area contributed by atoms with Crippen LogP contribution in [-0.2, 0) is 0 Å². The number of aryl methyl sites for hydroxylation is 1. The number of thioether (sulfide) groups is 1. The van der Waals surface area contributed by atoms with Crippen LogP contribution in [0.2, 0.25) is 0 Å². The Kier molecular flexibility index (Phi) is 3.36. The largest absolute Gasteiger partial charge is 0.463 e. The van der Waals surface area contributed by atoms with E-state index in [1.54, 1.807) is 11.8 Å². The van der Waals surface area contributed by atoms with E-state index >= 15 is 0 Å². The van der Waals surface area contributed by atoms with Crippen LogP contribution in [0.3, 0.4) is 0 Å². The predicted molar refractivity (Wildman–Crippen MR) is 65.7 cm³/mol. The van der Waals surface area contributed by atoms with Gasteiger partial charge in [0.25, 0.3) is 0 Å². The van der Waals surface area contributed by atoms with Crippen molar-refractivity contribution in [2.24, 2.45) is 0 Å². The first-order valence-electron chi connectivity index (χ1n) is 5.09. The van der Waals surface area contributed by atoms with Crippen LogP contribution in [0.1, 0.15) is 23.2 Å². The lowest BCUT2D eigenvalue weighted by Crippen LogP contribution is -1.99. The van der Waals surface area contributed by atoms with Crippen LogP contribution in [0, 0.1) is 6.92 Å². The topological polar surface area (TPSA) is 33.4 Å². The molecule has 1 N–H and O–H groups in total. The molecule has 84 valence electrons. The van der Waals surface area contributed by atoms with Gasteiger partial charge in [-0.05, 0) is 31.4 Å². The molecule has 0 aliphatic rings. The standard InChI is InChI=1S/C13H14O2S/c1-9-7-8-11(15-9)13(14)10-5-3-4-6-12(10)16-2/h3-8,13-14H,1-2H3/t13-/m0/s1. The maximum absolute atomic E-state index is 10.2. The molecule has 2 rings (SSSR count). The molecule has 1 aromatic heterocycles. The first-order valence-corrected chi connectivity index (χ1v) is 6.32. The Hall–Kier alpha value is -1.19. The minimum Gasteiger partial charge on any atom is -0.463 e. The number of aliphatic hydroxyl groups excluding tert-OH is 1. The van der Waals surface area contributed by atoms with Crippen LogP contribution in [0.5, 0.6) is 0 Å². The lowest BCUT2D eigenvalue weighted by molar-refractivity contribution is 0.185. The van der Waals surface area contributed by atoms with E-state index in [1.807, 2.05) is 49.6 Å². The van der Waals surface area contributed by atoms with Crippen molar-refractivity contribution in [3.8, 4) is 0 Å². The molecular formula is C13H14O2S. The minimum absolute atomic E-state index is 0.596. The fraction of sp³-hybridized carbons (Fsp3) is 0.231. The molecule has 1 aromatic carbocycles. The van der Waals surface area contributed by atoms with Gasteiger partial charge in [0.15, 0.2) is 0 Å². The number of hydrogen-bond acceptors (Lipinski definition) is 3. The third-order valence-electron chi connectivity index (χ3n) is 2.46. The normalized spacial score (nSPS) is 12.7. The van der Waals surface area contributed by atoms with Gasteiger partial charge >= 0.3 is 0 Å². The average molecular weight is 234 g/mol. The summed E-state index contributed by atoms with van der Waals surface area (Å²) in [6, 6.07) is 11.5. The second-order valence-electron chi connectivity index (χ2n) is 3.59. The zero-order chi connectivity index (χ0) is 11.5. The van der Waals surface area contributed by atoms with Gasteiger partial charge in [-0.2, -0.15) is 0 Å². The summed E-state index contributed by atoms with van der Waals surface area (Å²) in [5, 5.41) is 10.2. The maximum Gasteiger partial charge on any atom is 0.138 e. The molecule has 16 heavy (non-hydrogen) atoms. The highest BCUT2D eigenvalue weighted by atomic mass is 32.2. The maximum atomic E-state index is 10.2. The van der Waals surface area contributed by atoms with Crippen molar-refractivity contribution in [1.29, 1.82) is 0 Å². The molecule has 0 saturated heterocycles. The predicted octanol–water partition coefficient (Wildman–Crippen LogP) is 3.39. The second-order valence-corrected chi connectivity index (χ2v) is 4.44. The summed E-state index contributed by atoms with van der Waals surface area (Å²) in [6.07, 6.45) is 1.32. The Labute approximate surface area is 99.3 Å². The van der Waals surface area contributed by atoms with Crippen molar-refractivity contribution in [3.05, 3.63) is 53.5 Å².